The van der Waals surface area contributed by atoms with Crippen molar-refractivity contribution in [1.82, 2.24) is 0 Å². The van der Waals surface area contributed by atoms with Crippen molar-refractivity contribution in [3.63, 3.8) is 0 Å². The number of aromatic hydroxyl groups is 1. The molecule has 0 aliphatic carbocycles. The Morgan fingerprint density at radius 3 is 1.78 bits per heavy atom. The number of phenols is 1. The van der Waals surface area contributed by atoms with Gasteiger partial charge in [0.2, 0.25) is 0 Å². The lowest BCUT2D eigenvalue weighted by atomic mass is 9.82. The molecule has 36 heavy (non-hydrogen) atoms. The van der Waals surface area contributed by atoms with Crippen LogP contribution in [0.1, 0.15) is 88.1 Å². The number of carbonyl (C=O) groups excluding carboxylic acids is 1. The minimum absolute atomic E-state index is 0.0823. The van der Waals surface area contributed by atoms with Crippen molar-refractivity contribution >= 4 is 5.97 Å². The number of esters is 1. The number of phenolic OH excluding ortho intramolecular Hbond substituents is 1. The maximum Gasteiger partial charge on any atom is 0.314 e. The fourth-order valence-corrected chi connectivity index (χ4v) is 2.92. The lowest BCUT2D eigenvalue weighted by Gasteiger charge is -2.39. The Hall–Kier alpha value is -1.71. The van der Waals surface area contributed by atoms with Crippen LogP contribution in [-0.2, 0) is 25.6 Å². The fourth-order valence-electron chi connectivity index (χ4n) is 2.92. The molecule has 3 unspecified atom stereocenters. The van der Waals surface area contributed by atoms with Crippen molar-refractivity contribution in [2.75, 3.05) is 13.7 Å². The molecule has 1 aromatic rings. The SMILES string of the molecule is CC.CC.CC.CCC(C)(C)O[C@H](CO)C(O)C(O)C(C(=O)OCc1ccc(O)cc1)C(C)(C)OC. The quantitative estimate of drug-likeness (QED) is 0.290. The van der Waals surface area contributed by atoms with Gasteiger partial charge in [0.15, 0.2) is 0 Å². The van der Waals surface area contributed by atoms with Gasteiger partial charge in [0.1, 0.15) is 30.5 Å². The van der Waals surface area contributed by atoms with Gasteiger partial charge in [0, 0.05) is 7.11 Å². The second-order valence-corrected chi connectivity index (χ2v) is 8.49. The molecule has 214 valence electrons. The van der Waals surface area contributed by atoms with E-state index in [9.17, 15) is 25.2 Å². The van der Waals surface area contributed by atoms with Crippen molar-refractivity contribution in [1.29, 1.82) is 0 Å². The summed E-state index contributed by atoms with van der Waals surface area (Å²) in [5.74, 6) is -1.93. The molecule has 0 aliphatic rings. The summed E-state index contributed by atoms with van der Waals surface area (Å²) >= 11 is 0. The maximum atomic E-state index is 12.9. The van der Waals surface area contributed by atoms with Crippen molar-refractivity contribution in [2.45, 2.75) is 119 Å². The summed E-state index contributed by atoms with van der Waals surface area (Å²) < 4.78 is 16.5. The molecule has 1 aromatic carbocycles. The van der Waals surface area contributed by atoms with Crippen LogP contribution in [0.4, 0.5) is 0 Å². The van der Waals surface area contributed by atoms with Crippen LogP contribution in [0, 0.1) is 5.92 Å². The van der Waals surface area contributed by atoms with Gasteiger partial charge in [-0.15, -0.1) is 0 Å². The van der Waals surface area contributed by atoms with E-state index in [1.54, 1.807) is 39.8 Å². The number of aliphatic hydroxyl groups is 3. The number of carbonyl (C=O) groups is 1. The van der Waals surface area contributed by atoms with Crippen LogP contribution in [0.15, 0.2) is 24.3 Å². The van der Waals surface area contributed by atoms with E-state index in [0.29, 0.717) is 12.0 Å². The molecule has 0 amide bonds. The zero-order valence-electron chi connectivity index (χ0n) is 24.7. The first-order chi connectivity index (χ1) is 16.9. The summed E-state index contributed by atoms with van der Waals surface area (Å²) in [6, 6.07) is 6.15. The van der Waals surface area contributed by atoms with Gasteiger partial charge in [-0.05, 0) is 51.8 Å². The first kappa shape index (κ1) is 38.8. The van der Waals surface area contributed by atoms with E-state index >= 15 is 0 Å². The fraction of sp³-hybridized carbons (Fsp3) is 0.750. The van der Waals surface area contributed by atoms with Crippen LogP contribution in [0.5, 0.6) is 5.75 Å². The Bertz CT molecular complexity index is 658. The smallest absolute Gasteiger partial charge is 0.314 e. The third-order valence-electron chi connectivity index (χ3n) is 5.42. The second kappa shape index (κ2) is 20.4. The van der Waals surface area contributed by atoms with Gasteiger partial charge in [-0.2, -0.15) is 0 Å². The van der Waals surface area contributed by atoms with E-state index in [2.05, 4.69) is 0 Å². The minimum Gasteiger partial charge on any atom is -0.508 e. The predicted octanol–water partition coefficient (Wildman–Crippen LogP) is 4.84. The van der Waals surface area contributed by atoms with Gasteiger partial charge < -0.3 is 34.6 Å². The molecule has 4 N–H and O–H groups in total. The number of aliphatic hydroxyl groups excluding tert-OH is 3. The number of hydrogen-bond acceptors (Lipinski definition) is 8. The minimum atomic E-state index is -1.61. The molecule has 8 heteroatoms. The summed E-state index contributed by atoms with van der Waals surface area (Å²) in [7, 11) is 1.39. The van der Waals surface area contributed by atoms with E-state index in [-0.39, 0.29) is 12.4 Å². The lowest BCUT2D eigenvalue weighted by Crippen LogP contribution is -2.55. The van der Waals surface area contributed by atoms with Gasteiger partial charge in [-0.25, -0.2) is 0 Å². The molecule has 1 rings (SSSR count). The number of ether oxygens (including phenoxy) is 3. The highest BCUT2D eigenvalue weighted by atomic mass is 16.5. The third kappa shape index (κ3) is 13.6. The maximum absolute atomic E-state index is 12.9. The molecule has 0 fully saturated rings. The molecule has 4 atom stereocenters. The molecule has 0 heterocycles. The molecule has 0 spiro atoms. The third-order valence-corrected chi connectivity index (χ3v) is 5.42. The Kier molecular flexibility index (Phi) is 22.0. The highest BCUT2D eigenvalue weighted by molar-refractivity contribution is 5.74. The second-order valence-electron chi connectivity index (χ2n) is 8.49. The average molecular weight is 519 g/mol. The number of hydrogen-bond donors (Lipinski definition) is 4. The van der Waals surface area contributed by atoms with Crippen LogP contribution in [-0.4, -0.2) is 69.6 Å². The van der Waals surface area contributed by atoms with E-state index in [4.69, 9.17) is 14.2 Å². The zero-order chi connectivity index (χ0) is 29.1. The van der Waals surface area contributed by atoms with E-state index < -0.39 is 48.0 Å². The van der Waals surface area contributed by atoms with Crippen molar-refractivity contribution in [3.05, 3.63) is 29.8 Å². The number of rotatable bonds is 12. The molecular weight excluding hydrogens is 464 g/mol. The topological polar surface area (TPSA) is 126 Å². The van der Waals surface area contributed by atoms with Crippen LogP contribution >= 0.6 is 0 Å². The predicted molar refractivity (Wildman–Crippen MR) is 145 cm³/mol. The van der Waals surface area contributed by atoms with E-state index in [1.165, 1.54) is 19.2 Å². The monoisotopic (exact) mass is 518 g/mol. The summed E-state index contributed by atoms with van der Waals surface area (Å²) in [6.07, 6.45) is -3.65. The van der Waals surface area contributed by atoms with Crippen LogP contribution in [0.25, 0.3) is 0 Å². The molecule has 0 saturated heterocycles. The average Bonchev–Trinajstić information content (AvgIpc) is 2.90. The first-order valence-electron chi connectivity index (χ1n) is 13.0. The molecule has 0 radical (unpaired) electrons. The van der Waals surface area contributed by atoms with E-state index in [1.807, 2.05) is 48.5 Å². The van der Waals surface area contributed by atoms with Crippen molar-refractivity contribution in [2.24, 2.45) is 5.92 Å². The Morgan fingerprint density at radius 1 is 0.917 bits per heavy atom. The zero-order valence-corrected chi connectivity index (χ0v) is 24.7. The Balaban J connectivity index is -0.00000168. The normalized spacial score (nSPS) is 14.3. The van der Waals surface area contributed by atoms with Gasteiger partial charge >= 0.3 is 5.97 Å². The molecule has 0 saturated carbocycles. The summed E-state index contributed by atoms with van der Waals surface area (Å²) in [4.78, 5) is 12.9. The molecule has 8 nitrogen and oxygen atoms in total. The Labute approximate surface area is 219 Å². The standard InChI is InChI=1S/C22H36O8.3C2H6/c1-7-21(2,3)30-16(12-23)18(25)19(26)17(22(4,5)28-6)20(27)29-13-14-8-10-15(24)11-9-14;3*1-2/h8-11,16-19,23-26H,7,12-13H2,1-6H3;3*1-2H3/t16-,17?,18?,19?;;;/m1.../s1. The highest BCUT2D eigenvalue weighted by Crippen LogP contribution is 2.30. The number of benzene rings is 1. The van der Waals surface area contributed by atoms with Gasteiger partial charge in [0.25, 0.3) is 0 Å². The summed E-state index contributed by atoms with van der Waals surface area (Å²) in [5, 5.41) is 40.6. The largest absolute Gasteiger partial charge is 0.508 e. The summed E-state index contributed by atoms with van der Waals surface area (Å²) in [6.45, 7) is 20.1. The highest BCUT2D eigenvalue weighted by Gasteiger charge is 2.47. The van der Waals surface area contributed by atoms with Crippen LogP contribution < -0.4 is 0 Å². The van der Waals surface area contributed by atoms with E-state index in [0.717, 1.165) is 0 Å². The van der Waals surface area contributed by atoms with Crippen molar-refractivity contribution < 1.29 is 39.4 Å². The van der Waals surface area contributed by atoms with Gasteiger partial charge in [0.05, 0.1) is 23.9 Å². The molecular formula is C28H54O8. The first-order valence-corrected chi connectivity index (χ1v) is 13.0. The number of methoxy groups -OCH3 is 1. The molecule has 0 bridgehead atoms. The molecule has 0 aliphatic heterocycles. The van der Waals surface area contributed by atoms with Crippen molar-refractivity contribution in [3.8, 4) is 5.75 Å². The van der Waals surface area contributed by atoms with Crippen LogP contribution in [0.3, 0.4) is 0 Å². The van der Waals surface area contributed by atoms with Gasteiger partial charge in [-0.1, -0.05) is 60.6 Å². The van der Waals surface area contributed by atoms with Crippen LogP contribution in [0.2, 0.25) is 0 Å². The summed E-state index contributed by atoms with van der Waals surface area (Å²) in [5.41, 5.74) is -1.17. The van der Waals surface area contributed by atoms with Gasteiger partial charge in [-0.3, -0.25) is 4.79 Å². The lowest BCUT2D eigenvalue weighted by molar-refractivity contribution is -0.196. The Morgan fingerprint density at radius 2 is 1.39 bits per heavy atom. The molecule has 0 aromatic heterocycles.